The van der Waals surface area contributed by atoms with Crippen LogP contribution >= 0.6 is 0 Å². The van der Waals surface area contributed by atoms with Crippen molar-refractivity contribution in [1.29, 1.82) is 0 Å². The Balaban J connectivity index is 1.60. The van der Waals surface area contributed by atoms with Gasteiger partial charge in [-0.05, 0) is 24.3 Å². The fourth-order valence-electron chi connectivity index (χ4n) is 2.88. The molecule has 0 saturated heterocycles. The quantitative estimate of drug-likeness (QED) is 0.472. The predicted octanol–water partition coefficient (Wildman–Crippen LogP) is 2.16. The van der Waals surface area contributed by atoms with Crippen LogP contribution in [-0.2, 0) is 23.1 Å². The fourth-order valence-corrected chi connectivity index (χ4v) is 2.88. The molecule has 0 spiro atoms. The number of ketones is 1. The number of benzene rings is 2. The van der Waals surface area contributed by atoms with E-state index in [4.69, 9.17) is 9.47 Å². The third kappa shape index (κ3) is 3.92. The van der Waals surface area contributed by atoms with Crippen LogP contribution in [0.15, 0.2) is 53.3 Å². The third-order valence-corrected chi connectivity index (χ3v) is 4.35. The van der Waals surface area contributed by atoms with Crippen LogP contribution in [0.1, 0.15) is 16.8 Å². The smallest absolute Gasteiger partial charge is 0.328 e. The van der Waals surface area contributed by atoms with Gasteiger partial charge in [-0.3, -0.25) is 18.7 Å². The first-order valence-corrected chi connectivity index (χ1v) is 8.48. The summed E-state index contributed by atoms with van der Waals surface area (Å²) in [5.74, 6) is -0.293. The molecule has 0 saturated carbocycles. The summed E-state index contributed by atoms with van der Waals surface area (Å²) in [4.78, 5) is 36.5. The second kappa shape index (κ2) is 7.90. The standard InChI is InChI=1S/C20H20N2O5/c1-21-16-8-3-4-9-17(16)22(20(21)25)11-10-19(24)27-13-18(23)14-6-5-7-15(12-14)26-2/h3-9,12H,10-11,13H2,1-2H3. The molecule has 0 radical (unpaired) electrons. The largest absolute Gasteiger partial charge is 0.497 e. The molecule has 7 nitrogen and oxygen atoms in total. The van der Waals surface area contributed by atoms with E-state index in [-0.39, 0.29) is 31.0 Å². The van der Waals surface area contributed by atoms with Crippen LogP contribution in [0.25, 0.3) is 11.0 Å². The van der Waals surface area contributed by atoms with Crippen molar-refractivity contribution in [3.05, 3.63) is 64.6 Å². The van der Waals surface area contributed by atoms with Crippen molar-refractivity contribution in [1.82, 2.24) is 9.13 Å². The molecule has 0 atom stereocenters. The summed E-state index contributed by atoms with van der Waals surface area (Å²) in [6.07, 6.45) is -0.000689. The van der Waals surface area contributed by atoms with Gasteiger partial charge in [-0.25, -0.2) is 4.79 Å². The van der Waals surface area contributed by atoms with Gasteiger partial charge in [0.05, 0.1) is 24.6 Å². The third-order valence-electron chi connectivity index (χ3n) is 4.35. The molecule has 0 N–H and O–H groups in total. The number of aromatic nitrogens is 2. The van der Waals surface area contributed by atoms with Gasteiger partial charge in [0.1, 0.15) is 5.75 Å². The lowest BCUT2D eigenvalue weighted by atomic mass is 10.1. The van der Waals surface area contributed by atoms with E-state index < -0.39 is 5.97 Å². The number of hydrogen-bond donors (Lipinski definition) is 0. The first-order chi connectivity index (χ1) is 13.0. The average molecular weight is 368 g/mol. The monoisotopic (exact) mass is 368 g/mol. The zero-order valence-corrected chi connectivity index (χ0v) is 15.2. The zero-order valence-electron chi connectivity index (χ0n) is 15.2. The van der Waals surface area contributed by atoms with E-state index in [1.54, 1.807) is 31.3 Å². The summed E-state index contributed by atoms with van der Waals surface area (Å²) in [5.41, 5.74) is 1.76. The molecule has 0 amide bonds. The molecule has 0 aliphatic rings. The number of methoxy groups -OCH3 is 1. The number of fused-ring (bicyclic) bond motifs is 1. The van der Waals surface area contributed by atoms with Crippen molar-refractivity contribution in [2.45, 2.75) is 13.0 Å². The van der Waals surface area contributed by atoms with Gasteiger partial charge < -0.3 is 9.47 Å². The SMILES string of the molecule is COc1cccc(C(=O)COC(=O)CCn2c(=O)n(C)c3ccccc32)c1. The number of para-hydroxylation sites is 2. The van der Waals surface area contributed by atoms with Crippen LogP contribution in [0.4, 0.5) is 0 Å². The summed E-state index contributed by atoms with van der Waals surface area (Å²) in [5, 5.41) is 0. The van der Waals surface area contributed by atoms with Crippen LogP contribution < -0.4 is 10.4 Å². The van der Waals surface area contributed by atoms with Crippen LogP contribution in [0, 0.1) is 0 Å². The highest BCUT2D eigenvalue weighted by molar-refractivity contribution is 5.98. The molecule has 1 aromatic heterocycles. The molecule has 0 bridgehead atoms. The van der Waals surface area contributed by atoms with Gasteiger partial charge in [0.2, 0.25) is 0 Å². The number of hydrogen-bond acceptors (Lipinski definition) is 5. The van der Waals surface area contributed by atoms with Crippen molar-refractivity contribution in [2.75, 3.05) is 13.7 Å². The maximum Gasteiger partial charge on any atom is 0.328 e. The van der Waals surface area contributed by atoms with Gasteiger partial charge in [0, 0.05) is 19.2 Å². The molecular formula is C20H20N2O5. The summed E-state index contributed by atoms with van der Waals surface area (Å²) in [6, 6.07) is 14.0. The van der Waals surface area contributed by atoms with Crippen LogP contribution in [-0.4, -0.2) is 34.6 Å². The molecule has 7 heteroatoms. The number of rotatable bonds is 7. The molecule has 0 fully saturated rings. The molecular weight excluding hydrogens is 348 g/mol. The summed E-state index contributed by atoms with van der Waals surface area (Å²) in [7, 11) is 3.20. The first-order valence-electron chi connectivity index (χ1n) is 8.48. The van der Waals surface area contributed by atoms with Crippen molar-refractivity contribution in [3.63, 3.8) is 0 Å². The van der Waals surface area contributed by atoms with E-state index in [0.29, 0.717) is 11.3 Å². The Kier molecular flexibility index (Phi) is 5.40. The highest BCUT2D eigenvalue weighted by atomic mass is 16.5. The molecule has 0 unspecified atom stereocenters. The minimum Gasteiger partial charge on any atom is -0.497 e. The molecule has 0 aliphatic carbocycles. The van der Waals surface area contributed by atoms with Crippen molar-refractivity contribution < 1.29 is 19.1 Å². The second-order valence-corrected chi connectivity index (χ2v) is 6.05. The molecule has 140 valence electrons. The molecule has 3 rings (SSSR count). The van der Waals surface area contributed by atoms with E-state index >= 15 is 0 Å². The number of nitrogens with zero attached hydrogens (tertiary/aromatic N) is 2. The minimum absolute atomic E-state index is 0.000689. The van der Waals surface area contributed by atoms with Gasteiger partial charge in [0.25, 0.3) is 0 Å². The lowest BCUT2D eigenvalue weighted by Crippen LogP contribution is -2.24. The normalized spacial score (nSPS) is 10.7. The first kappa shape index (κ1) is 18.4. The zero-order chi connectivity index (χ0) is 19.4. The van der Waals surface area contributed by atoms with E-state index in [0.717, 1.165) is 11.0 Å². The summed E-state index contributed by atoms with van der Waals surface area (Å²) in [6.45, 7) is -0.164. The Labute approximate surface area is 155 Å². The maximum atomic E-state index is 12.3. The summed E-state index contributed by atoms with van der Waals surface area (Å²) < 4.78 is 13.2. The van der Waals surface area contributed by atoms with Gasteiger partial charge in [-0.1, -0.05) is 24.3 Å². The van der Waals surface area contributed by atoms with E-state index in [1.807, 2.05) is 24.3 Å². The van der Waals surface area contributed by atoms with Crippen molar-refractivity contribution in [3.8, 4) is 5.75 Å². The van der Waals surface area contributed by atoms with Crippen LogP contribution in [0.2, 0.25) is 0 Å². The van der Waals surface area contributed by atoms with Crippen molar-refractivity contribution >= 4 is 22.8 Å². The lowest BCUT2D eigenvalue weighted by molar-refractivity contribution is -0.142. The molecule has 2 aromatic carbocycles. The molecule has 1 heterocycles. The predicted molar refractivity (Wildman–Crippen MR) is 100 cm³/mol. The number of carbonyl (C=O) groups excluding carboxylic acids is 2. The Hall–Kier alpha value is -3.35. The Morgan fingerprint density at radius 2 is 1.78 bits per heavy atom. The number of carbonyl (C=O) groups is 2. The summed E-state index contributed by atoms with van der Waals surface area (Å²) >= 11 is 0. The molecule has 27 heavy (non-hydrogen) atoms. The Morgan fingerprint density at radius 3 is 2.52 bits per heavy atom. The van der Waals surface area contributed by atoms with E-state index in [9.17, 15) is 14.4 Å². The number of imidazole rings is 1. The van der Waals surface area contributed by atoms with Gasteiger partial charge in [-0.15, -0.1) is 0 Å². The van der Waals surface area contributed by atoms with E-state index in [2.05, 4.69) is 0 Å². The highest BCUT2D eigenvalue weighted by Gasteiger charge is 2.14. The van der Waals surface area contributed by atoms with Crippen LogP contribution in [0.5, 0.6) is 5.75 Å². The fraction of sp³-hybridized carbons (Fsp3) is 0.250. The molecule has 0 aliphatic heterocycles. The maximum absolute atomic E-state index is 12.3. The Morgan fingerprint density at radius 1 is 1.04 bits per heavy atom. The van der Waals surface area contributed by atoms with Gasteiger partial charge >= 0.3 is 11.7 Å². The lowest BCUT2D eigenvalue weighted by Gasteiger charge is -2.06. The molecule has 3 aromatic rings. The van der Waals surface area contributed by atoms with Gasteiger partial charge in [-0.2, -0.15) is 0 Å². The number of esters is 1. The van der Waals surface area contributed by atoms with Gasteiger partial charge in [0.15, 0.2) is 12.4 Å². The van der Waals surface area contributed by atoms with E-state index in [1.165, 1.54) is 16.2 Å². The number of ether oxygens (including phenoxy) is 2. The second-order valence-electron chi connectivity index (χ2n) is 6.05. The van der Waals surface area contributed by atoms with Crippen LogP contribution in [0.3, 0.4) is 0 Å². The van der Waals surface area contributed by atoms with Crippen molar-refractivity contribution in [2.24, 2.45) is 7.05 Å². The minimum atomic E-state index is -0.536. The topological polar surface area (TPSA) is 79.5 Å². The average Bonchev–Trinajstić information content (AvgIpc) is 2.95. The number of aryl methyl sites for hydroxylation is 2. The number of Topliss-reactive ketones (excluding diaryl/α,β-unsaturated/α-hetero) is 1. The Bertz CT molecular complexity index is 1050. The highest BCUT2D eigenvalue weighted by Crippen LogP contribution is 2.14.